The highest BCUT2D eigenvalue weighted by Gasteiger charge is 2.28. The van der Waals surface area contributed by atoms with E-state index in [1.54, 1.807) is 12.1 Å². The second kappa shape index (κ2) is 6.90. The third-order valence-electron chi connectivity index (χ3n) is 4.90. The Labute approximate surface area is 146 Å². The number of benzene rings is 2. The molecule has 1 aliphatic carbocycles. The summed E-state index contributed by atoms with van der Waals surface area (Å²) in [4.78, 5) is 15.5. The summed E-state index contributed by atoms with van der Waals surface area (Å²) in [6.45, 7) is 3.94. The van der Waals surface area contributed by atoms with Gasteiger partial charge in [0.2, 0.25) is 0 Å². The van der Waals surface area contributed by atoms with E-state index in [1.165, 1.54) is 12.1 Å². The number of ether oxygens (including phenoxy) is 1. The number of carbonyl (C=O) groups excluding carboxylic acids is 1. The first-order valence-electron chi connectivity index (χ1n) is 8.63. The van der Waals surface area contributed by atoms with Gasteiger partial charge in [-0.3, -0.25) is 9.69 Å². The standard InChI is InChI=1S/C21H20FNO2/c22-18-7-5-15(6-8-18)20-17(14-23-9-11-25-12-10-23)13-16-3-1-2-4-19(16)21(20)24/h1-8H,9-14H2. The lowest BCUT2D eigenvalue weighted by Crippen LogP contribution is -2.38. The van der Waals surface area contributed by atoms with Crippen LogP contribution in [0.15, 0.2) is 54.1 Å². The summed E-state index contributed by atoms with van der Waals surface area (Å²) in [6, 6.07) is 14.0. The molecule has 1 aliphatic heterocycles. The van der Waals surface area contributed by atoms with Crippen LogP contribution in [0.3, 0.4) is 0 Å². The maximum atomic E-state index is 13.3. The van der Waals surface area contributed by atoms with Crippen molar-refractivity contribution in [1.29, 1.82) is 0 Å². The van der Waals surface area contributed by atoms with Crippen LogP contribution < -0.4 is 0 Å². The van der Waals surface area contributed by atoms with Gasteiger partial charge in [0.05, 0.1) is 13.2 Å². The van der Waals surface area contributed by atoms with Crippen LogP contribution in [0.4, 0.5) is 4.39 Å². The number of carbonyl (C=O) groups is 1. The van der Waals surface area contributed by atoms with Gasteiger partial charge in [-0.25, -0.2) is 4.39 Å². The summed E-state index contributed by atoms with van der Waals surface area (Å²) in [5.74, 6) is -0.251. The first-order valence-corrected chi connectivity index (χ1v) is 8.63. The molecule has 2 aromatic carbocycles. The molecule has 1 saturated heterocycles. The zero-order valence-corrected chi connectivity index (χ0v) is 14.0. The van der Waals surface area contributed by atoms with Gasteiger partial charge in [0.15, 0.2) is 5.78 Å². The van der Waals surface area contributed by atoms with Gasteiger partial charge in [0, 0.05) is 30.8 Å². The molecule has 4 rings (SSSR count). The predicted octanol–water partition coefficient (Wildman–Crippen LogP) is 3.35. The van der Waals surface area contributed by atoms with E-state index in [9.17, 15) is 9.18 Å². The fraction of sp³-hybridized carbons (Fsp3) is 0.286. The van der Waals surface area contributed by atoms with Crippen molar-refractivity contribution in [3.05, 3.63) is 76.6 Å². The minimum atomic E-state index is -0.289. The molecule has 0 unspecified atom stereocenters. The van der Waals surface area contributed by atoms with E-state index < -0.39 is 0 Å². The van der Waals surface area contributed by atoms with Crippen molar-refractivity contribution in [1.82, 2.24) is 4.90 Å². The van der Waals surface area contributed by atoms with Crippen molar-refractivity contribution in [2.75, 3.05) is 32.8 Å². The number of allylic oxidation sites excluding steroid dienone is 1. The average molecular weight is 337 g/mol. The SMILES string of the molecule is O=C1C(c2ccc(F)cc2)=C(CN2CCOCC2)Cc2ccccc21. The number of Topliss-reactive ketones (excluding diaryl/α,β-unsaturated/α-hetero) is 1. The van der Waals surface area contributed by atoms with Gasteiger partial charge in [0.1, 0.15) is 5.82 Å². The second-order valence-electron chi connectivity index (χ2n) is 6.54. The Morgan fingerprint density at radius 2 is 1.72 bits per heavy atom. The zero-order chi connectivity index (χ0) is 17.2. The van der Waals surface area contributed by atoms with Gasteiger partial charge >= 0.3 is 0 Å². The minimum Gasteiger partial charge on any atom is -0.379 e. The minimum absolute atomic E-state index is 0.0386. The number of halogens is 1. The number of nitrogens with zero attached hydrogens (tertiary/aromatic N) is 1. The zero-order valence-electron chi connectivity index (χ0n) is 14.0. The topological polar surface area (TPSA) is 29.5 Å². The quantitative estimate of drug-likeness (QED) is 0.860. The van der Waals surface area contributed by atoms with Crippen LogP contribution in [-0.2, 0) is 11.2 Å². The highest BCUT2D eigenvalue weighted by atomic mass is 19.1. The molecule has 0 aromatic heterocycles. The van der Waals surface area contributed by atoms with E-state index in [-0.39, 0.29) is 11.6 Å². The third-order valence-corrected chi connectivity index (χ3v) is 4.90. The molecule has 0 atom stereocenters. The number of ketones is 1. The third kappa shape index (κ3) is 3.28. The molecule has 1 fully saturated rings. The maximum absolute atomic E-state index is 13.3. The molecule has 25 heavy (non-hydrogen) atoms. The summed E-state index contributed by atoms with van der Waals surface area (Å²) < 4.78 is 18.8. The number of morpholine rings is 1. The largest absolute Gasteiger partial charge is 0.379 e. The lowest BCUT2D eigenvalue weighted by atomic mass is 9.81. The van der Waals surface area contributed by atoms with Crippen LogP contribution in [0, 0.1) is 5.82 Å². The monoisotopic (exact) mass is 337 g/mol. The van der Waals surface area contributed by atoms with Crippen LogP contribution in [0.25, 0.3) is 5.57 Å². The van der Waals surface area contributed by atoms with Crippen LogP contribution in [-0.4, -0.2) is 43.5 Å². The molecule has 0 N–H and O–H groups in total. The predicted molar refractivity (Wildman–Crippen MR) is 95.1 cm³/mol. The highest BCUT2D eigenvalue weighted by molar-refractivity contribution is 6.31. The summed E-state index contributed by atoms with van der Waals surface area (Å²) in [7, 11) is 0. The van der Waals surface area contributed by atoms with E-state index in [2.05, 4.69) is 4.90 Å². The Kier molecular flexibility index (Phi) is 4.47. The van der Waals surface area contributed by atoms with Crippen LogP contribution in [0.5, 0.6) is 0 Å². The van der Waals surface area contributed by atoms with E-state index >= 15 is 0 Å². The van der Waals surface area contributed by atoms with Gasteiger partial charge in [-0.1, -0.05) is 36.4 Å². The van der Waals surface area contributed by atoms with Gasteiger partial charge in [-0.05, 0) is 35.3 Å². The first kappa shape index (κ1) is 16.2. The Bertz CT molecular complexity index is 820. The van der Waals surface area contributed by atoms with Crippen molar-refractivity contribution in [2.45, 2.75) is 6.42 Å². The molecule has 0 saturated carbocycles. The molecular formula is C21H20FNO2. The van der Waals surface area contributed by atoms with Crippen LogP contribution in [0.2, 0.25) is 0 Å². The molecule has 3 nitrogen and oxygen atoms in total. The number of rotatable bonds is 3. The summed E-state index contributed by atoms with van der Waals surface area (Å²) in [5, 5.41) is 0. The smallest absolute Gasteiger partial charge is 0.193 e. The molecular weight excluding hydrogens is 317 g/mol. The fourth-order valence-electron chi connectivity index (χ4n) is 3.63. The molecule has 128 valence electrons. The summed E-state index contributed by atoms with van der Waals surface area (Å²) in [6.07, 6.45) is 0.756. The number of hydrogen-bond acceptors (Lipinski definition) is 3. The number of hydrogen-bond donors (Lipinski definition) is 0. The van der Waals surface area contributed by atoms with Crippen molar-refractivity contribution in [3.63, 3.8) is 0 Å². The van der Waals surface area contributed by atoms with Crippen molar-refractivity contribution >= 4 is 11.4 Å². The average Bonchev–Trinajstić information content (AvgIpc) is 2.64. The van der Waals surface area contributed by atoms with Crippen molar-refractivity contribution in [3.8, 4) is 0 Å². The molecule has 4 heteroatoms. The molecule has 2 aliphatic rings. The Morgan fingerprint density at radius 1 is 1.00 bits per heavy atom. The molecule has 0 amide bonds. The van der Waals surface area contributed by atoms with E-state index in [0.717, 1.165) is 67.1 Å². The maximum Gasteiger partial charge on any atom is 0.193 e. The van der Waals surface area contributed by atoms with Crippen LogP contribution in [0.1, 0.15) is 21.5 Å². The van der Waals surface area contributed by atoms with E-state index in [1.807, 2.05) is 24.3 Å². The second-order valence-corrected chi connectivity index (χ2v) is 6.54. The lowest BCUT2D eigenvalue weighted by molar-refractivity contribution is 0.0421. The van der Waals surface area contributed by atoms with E-state index in [0.29, 0.717) is 0 Å². The Hall–Kier alpha value is -2.30. The lowest BCUT2D eigenvalue weighted by Gasteiger charge is -2.30. The Balaban J connectivity index is 1.76. The molecule has 1 heterocycles. The molecule has 0 bridgehead atoms. The van der Waals surface area contributed by atoms with Crippen LogP contribution >= 0.6 is 0 Å². The first-order chi connectivity index (χ1) is 12.2. The van der Waals surface area contributed by atoms with Crippen molar-refractivity contribution < 1.29 is 13.9 Å². The van der Waals surface area contributed by atoms with Gasteiger partial charge in [-0.15, -0.1) is 0 Å². The molecule has 0 spiro atoms. The molecule has 0 radical (unpaired) electrons. The normalized spacial score (nSPS) is 18.4. The van der Waals surface area contributed by atoms with Gasteiger partial charge in [0.25, 0.3) is 0 Å². The molecule has 2 aromatic rings. The summed E-state index contributed by atoms with van der Waals surface area (Å²) >= 11 is 0. The number of fused-ring (bicyclic) bond motifs is 1. The fourth-order valence-corrected chi connectivity index (χ4v) is 3.63. The van der Waals surface area contributed by atoms with Gasteiger partial charge < -0.3 is 4.74 Å². The van der Waals surface area contributed by atoms with E-state index in [4.69, 9.17) is 4.74 Å². The van der Waals surface area contributed by atoms with Crippen molar-refractivity contribution in [2.24, 2.45) is 0 Å². The summed E-state index contributed by atoms with van der Waals surface area (Å²) in [5.41, 5.74) is 4.46. The highest BCUT2D eigenvalue weighted by Crippen LogP contribution is 2.33. The van der Waals surface area contributed by atoms with Gasteiger partial charge in [-0.2, -0.15) is 0 Å². The Morgan fingerprint density at radius 3 is 2.48 bits per heavy atom.